The number of rotatable bonds is 30. The number of benzene rings is 5. The largest absolute Gasteiger partial charge is 0.461 e. The smallest absolute Gasteiger partial charge is 0.406 e. The fourth-order valence-corrected chi connectivity index (χ4v) is 8.49. The van der Waals surface area contributed by atoms with Crippen molar-refractivity contribution in [2.24, 2.45) is 5.92 Å². The minimum atomic E-state index is -4.72. The molecule has 0 aromatic heterocycles. The van der Waals surface area contributed by atoms with Gasteiger partial charge in [0.15, 0.2) is 0 Å². The highest BCUT2D eigenvalue weighted by molar-refractivity contribution is 7.51. The fraction of sp³-hybridized carbons (Fsp3) is 0.345. The van der Waals surface area contributed by atoms with Gasteiger partial charge in [0.25, 0.3) is 5.69 Å². The van der Waals surface area contributed by atoms with E-state index < -0.39 is 91.7 Å². The summed E-state index contributed by atoms with van der Waals surface area (Å²) in [4.78, 5) is 91.4. The molecule has 2 N–H and O–H groups in total. The first-order valence-corrected chi connectivity index (χ1v) is 25.7. The highest BCUT2D eigenvalue weighted by Crippen LogP contribution is 2.46. The number of nitrogens with zero attached hydrogens (tertiary/aromatic N) is 1. The van der Waals surface area contributed by atoms with Crippen LogP contribution in [0.25, 0.3) is 0 Å². The van der Waals surface area contributed by atoms with Crippen LogP contribution < -0.4 is 10.4 Å². The van der Waals surface area contributed by atoms with E-state index in [-0.39, 0.29) is 64.2 Å². The molecule has 0 bridgehead atoms. The number of carbonyl (C=O) groups excluding carboxylic acids is 6. The number of nitro benzene ring substituents is 1. The summed E-state index contributed by atoms with van der Waals surface area (Å²) in [5.74, 6) is -5.78. The molecule has 5 aromatic carbocycles. The normalized spacial score (nSPS) is 13.2. The minimum Gasteiger partial charge on any atom is -0.461 e. The predicted molar refractivity (Wildman–Crippen MR) is 272 cm³/mol. The van der Waals surface area contributed by atoms with Crippen LogP contribution in [0.1, 0.15) is 87.1 Å². The third kappa shape index (κ3) is 22.2. The summed E-state index contributed by atoms with van der Waals surface area (Å²) in [5, 5.41) is 16.6. The Balaban J connectivity index is 1.35. The minimum absolute atomic E-state index is 0.0460. The molecule has 0 fully saturated rings. The van der Waals surface area contributed by atoms with Crippen LogP contribution in [0, 0.1) is 16.0 Å². The van der Waals surface area contributed by atoms with Gasteiger partial charge in [-0.3, -0.25) is 43.1 Å². The molecule has 398 valence electrons. The van der Waals surface area contributed by atoms with Crippen LogP contribution in [0.4, 0.5) is 5.69 Å². The first-order valence-electron chi connectivity index (χ1n) is 24.2. The van der Waals surface area contributed by atoms with Gasteiger partial charge in [-0.15, -0.1) is 0 Å². The molecule has 0 aliphatic rings. The molecule has 0 saturated heterocycles. The van der Waals surface area contributed by atoms with E-state index >= 15 is 0 Å². The molecule has 4 unspecified atom stereocenters. The maximum absolute atomic E-state index is 14.9. The standard InChI is InChI=1S/C55H62N3O16P/c1-55(2,3)74-51(61)34-45(52(62)69-36-41-18-10-5-11-19-41)26-30-49(59)56-47(53(63)70-37-42-20-12-6-13-21-42)32-33-72-75(67,73-39-44-24-27-46(28-25-44)58(65)66)57-48(54(64)71-38-43-22-14-7-15-23-43)29-31-50(60)68-35-40-16-8-4-9-17-40/h4-25,27-28,45,47-48H,26,29-39H2,1-3H3,(H,56,59)(H,57,67). The van der Waals surface area contributed by atoms with Crippen LogP contribution in [-0.2, 0) is 99.1 Å². The van der Waals surface area contributed by atoms with Crippen LogP contribution in [0.2, 0.25) is 0 Å². The van der Waals surface area contributed by atoms with Crippen molar-refractivity contribution >= 4 is 49.2 Å². The topological polar surface area (TPSA) is 251 Å². The molecular formula is C55H62N3O16P. The molecule has 20 heteroatoms. The Bertz CT molecular complexity index is 2670. The van der Waals surface area contributed by atoms with Crippen LogP contribution in [-0.4, -0.2) is 65.0 Å². The molecule has 19 nitrogen and oxygen atoms in total. The summed E-state index contributed by atoms with van der Waals surface area (Å²) < 4.78 is 54.2. The van der Waals surface area contributed by atoms with Gasteiger partial charge < -0.3 is 29.0 Å². The van der Waals surface area contributed by atoms with Crippen molar-refractivity contribution in [3.05, 3.63) is 184 Å². The lowest BCUT2D eigenvalue weighted by Gasteiger charge is -2.25. The van der Waals surface area contributed by atoms with E-state index in [1.54, 1.807) is 136 Å². The molecule has 0 spiro atoms. The number of nitrogens with one attached hydrogen (secondary N) is 2. The molecular weight excluding hydrogens is 990 g/mol. The summed E-state index contributed by atoms with van der Waals surface area (Å²) >= 11 is 0. The second-order valence-electron chi connectivity index (χ2n) is 18.1. The monoisotopic (exact) mass is 1050 g/mol. The number of non-ortho nitro benzene ring substituents is 1. The van der Waals surface area contributed by atoms with Gasteiger partial charge >= 0.3 is 37.6 Å². The molecule has 5 aromatic rings. The van der Waals surface area contributed by atoms with Gasteiger partial charge in [0.05, 0.1) is 30.5 Å². The average Bonchev–Trinajstić information content (AvgIpc) is 3.40. The Morgan fingerprint density at radius 3 is 1.47 bits per heavy atom. The van der Waals surface area contributed by atoms with Crippen molar-refractivity contribution in [2.45, 2.75) is 110 Å². The number of ether oxygens (including phenoxy) is 5. The molecule has 5 rings (SSSR count). The Morgan fingerprint density at radius 1 is 0.533 bits per heavy atom. The van der Waals surface area contributed by atoms with Crippen LogP contribution in [0.5, 0.6) is 0 Å². The maximum atomic E-state index is 14.9. The van der Waals surface area contributed by atoms with Gasteiger partial charge in [0, 0.05) is 31.4 Å². The molecule has 0 saturated carbocycles. The van der Waals surface area contributed by atoms with Crippen molar-refractivity contribution in [2.75, 3.05) is 6.61 Å². The Kier molecular flexibility index (Phi) is 23.3. The second kappa shape index (κ2) is 30.0. The predicted octanol–water partition coefficient (Wildman–Crippen LogP) is 8.95. The average molecular weight is 1050 g/mol. The van der Waals surface area contributed by atoms with Gasteiger partial charge in [-0.1, -0.05) is 121 Å². The molecule has 0 aliphatic carbocycles. The lowest BCUT2D eigenvalue weighted by molar-refractivity contribution is -0.384. The molecule has 4 atom stereocenters. The Morgan fingerprint density at radius 2 is 0.987 bits per heavy atom. The van der Waals surface area contributed by atoms with Crippen LogP contribution in [0.15, 0.2) is 146 Å². The first kappa shape index (κ1) is 58.3. The van der Waals surface area contributed by atoms with E-state index in [1.807, 2.05) is 6.07 Å². The van der Waals surface area contributed by atoms with Gasteiger partial charge in [-0.05, 0) is 73.6 Å². The Labute approximate surface area is 435 Å². The van der Waals surface area contributed by atoms with E-state index in [1.165, 1.54) is 24.3 Å². The molecule has 0 aliphatic heterocycles. The zero-order chi connectivity index (χ0) is 54.1. The molecule has 0 radical (unpaired) electrons. The van der Waals surface area contributed by atoms with Crippen LogP contribution >= 0.6 is 7.75 Å². The van der Waals surface area contributed by atoms with Crippen molar-refractivity contribution in [1.29, 1.82) is 0 Å². The number of esters is 5. The van der Waals surface area contributed by atoms with E-state index in [9.17, 15) is 43.4 Å². The summed E-state index contributed by atoms with van der Waals surface area (Å²) in [5.41, 5.74) is 1.94. The number of nitro groups is 1. The zero-order valence-electron chi connectivity index (χ0n) is 42.0. The lowest BCUT2D eigenvalue weighted by Crippen LogP contribution is -2.43. The molecule has 1 amide bonds. The number of amides is 1. The summed E-state index contributed by atoms with van der Waals surface area (Å²) in [6.45, 7) is 3.47. The van der Waals surface area contributed by atoms with E-state index in [4.69, 9.17) is 32.7 Å². The van der Waals surface area contributed by atoms with Gasteiger partial charge in [0.1, 0.15) is 44.1 Å². The van der Waals surface area contributed by atoms with Crippen molar-refractivity contribution in [3.63, 3.8) is 0 Å². The third-order valence-corrected chi connectivity index (χ3v) is 12.5. The van der Waals surface area contributed by atoms with Crippen molar-refractivity contribution < 1.29 is 71.0 Å². The quantitative estimate of drug-likeness (QED) is 0.0143. The van der Waals surface area contributed by atoms with E-state index in [0.717, 1.165) is 5.56 Å². The maximum Gasteiger partial charge on any atom is 0.406 e. The zero-order valence-corrected chi connectivity index (χ0v) is 42.9. The fourth-order valence-electron chi connectivity index (χ4n) is 6.99. The van der Waals surface area contributed by atoms with Gasteiger partial charge in [-0.2, -0.15) is 0 Å². The summed E-state index contributed by atoms with van der Waals surface area (Å²) in [6, 6.07) is 37.4. The second-order valence-corrected chi connectivity index (χ2v) is 19.9. The number of carbonyl (C=O) groups is 6. The molecule has 0 heterocycles. The van der Waals surface area contributed by atoms with Gasteiger partial charge in [0.2, 0.25) is 5.91 Å². The van der Waals surface area contributed by atoms with Crippen molar-refractivity contribution in [1.82, 2.24) is 10.4 Å². The summed E-state index contributed by atoms with van der Waals surface area (Å²) in [7, 11) is -4.72. The SMILES string of the molecule is CC(C)(C)OC(=O)CC(CCC(=O)NC(CCOP(=O)(NC(CCC(=O)OCc1ccccc1)C(=O)OCc1ccccc1)OCc1ccc([N+](=O)[O-])cc1)C(=O)OCc1ccccc1)C(=O)OCc1ccccc1. The highest BCUT2D eigenvalue weighted by Gasteiger charge is 2.35. The van der Waals surface area contributed by atoms with E-state index in [2.05, 4.69) is 10.4 Å². The summed E-state index contributed by atoms with van der Waals surface area (Å²) in [6.07, 6.45) is -1.99. The Hall–Kier alpha value is -7.57. The highest BCUT2D eigenvalue weighted by atomic mass is 31.2. The van der Waals surface area contributed by atoms with Gasteiger partial charge in [-0.25, -0.2) is 14.4 Å². The van der Waals surface area contributed by atoms with E-state index in [0.29, 0.717) is 22.3 Å². The number of hydrogen-bond acceptors (Lipinski definition) is 16. The third-order valence-electron chi connectivity index (χ3n) is 10.9. The lowest BCUT2D eigenvalue weighted by atomic mass is 9.98. The molecule has 75 heavy (non-hydrogen) atoms. The first-order chi connectivity index (χ1) is 35.9. The number of hydrogen-bond donors (Lipinski definition) is 2. The van der Waals surface area contributed by atoms with Crippen LogP contribution in [0.3, 0.4) is 0 Å². The van der Waals surface area contributed by atoms with Crippen molar-refractivity contribution in [3.8, 4) is 0 Å².